The van der Waals surface area contributed by atoms with Crippen LogP contribution in [0, 0.1) is 0 Å². The summed E-state index contributed by atoms with van der Waals surface area (Å²) in [6.45, 7) is 0.257. The molecule has 0 aliphatic rings. The molecule has 0 atom stereocenters. The van der Waals surface area contributed by atoms with Gasteiger partial charge in [-0.1, -0.05) is 54.6 Å². The molecule has 0 spiro atoms. The minimum atomic E-state index is -0.285. The SMILES string of the molecule is O=C(Nc1ccccc1)c1ccc(COc2cccc3ccccc23)o1. The highest BCUT2D eigenvalue weighted by Gasteiger charge is 2.12. The van der Waals surface area contributed by atoms with Gasteiger partial charge in [0.25, 0.3) is 5.91 Å². The van der Waals surface area contributed by atoms with Gasteiger partial charge in [-0.3, -0.25) is 4.79 Å². The van der Waals surface area contributed by atoms with Gasteiger partial charge in [0.15, 0.2) is 5.76 Å². The van der Waals surface area contributed by atoms with Crippen molar-refractivity contribution in [1.82, 2.24) is 0 Å². The Balaban J connectivity index is 1.44. The van der Waals surface area contributed by atoms with Gasteiger partial charge in [0.2, 0.25) is 0 Å². The van der Waals surface area contributed by atoms with Gasteiger partial charge in [-0.15, -0.1) is 0 Å². The lowest BCUT2D eigenvalue weighted by Crippen LogP contribution is -2.10. The highest BCUT2D eigenvalue weighted by atomic mass is 16.5. The summed E-state index contributed by atoms with van der Waals surface area (Å²) in [6, 6.07) is 26.6. The van der Waals surface area contributed by atoms with Crippen molar-refractivity contribution in [3.05, 3.63) is 96.4 Å². The van der Waals surface area contributed by atoms with E-state index in [0.717, 1.165) is 22.2 Å². The fourth-order valence-electron chi connectivity index (χ4n) is 2.76. The number of para-hydroxylation sites is 1. The number of rotatable bonds is 5. The Bertz CT molecular complexity index is 1030. The largest absolute Gasteiger partial charge is 0.485 e. The maximum Gasteiger partial charge on any atom is 0.291 e. The Morgan fingerprint density at radius 3 is 2.50 bits per heavy atom. The number of carbonyl (C=O) groups is 1. The molecule has 0 aliphatic carbocycles. The van der Waals surface area contributed by atoms with Crippen LogP contribution in [0.3, 0.4) is 0 Å². The van der Waals surface area contributed by atoms with Crippen LogP contribution in [0.2, 0.25) is 0 Å². The summed E-state index contributed by atoms with van der Waals surface area (Å²) in [7, 11) is 0. The topological polar surface area (TPSA) is 51.5 Å². The molecule has 1 N–H and O–H groups in total. The molecule has 0 aliphatic heterocycles. The smallest absolute Gasteiger partial charge is 0.291 e. The lowest BCUT2D eigenvalue weighted by atomic mass is 10.1. The number of amides is 1. The van der Waals surface area contributed by atoms with Crippen molar-refractivity contribution in [3.8, 4) is 5.75 Å². The van der Waals surface area contributed by atoms with Crippen LogP contribution in [0.5, 0.6) is 5.75 Å². The summed E-state index contributed by atoms with van der Waals surface area (Å²) < 4.78 is 11.5. The summed E-state index contributed by atoms with van der Waals surface area (Å²) in [5, 5.41) is 4.96. The van der Waals surface area contributed by atoms with Gasteiger partial charge in [0.05, 0.1) is 0 Å². The van der Waals surface area contributed by atoms with Gasteiger partial charge in [-0.25, -0.2) is 0 Å². The van der Waals surface area contributed by atoms with Crippen molar-refractivity contribution in [2.24, 2.45) is 0 Å². The monoisotopic (exact) mass is 343 g/mol. The molecule has 1 amide bonds. The fourth-order valence-corrected chi connectivity index (χ4v) is 2.76. The molecule has 0 saturated carbocycles. The van der Waals surface area contributed by atoms with Crippen LogP contribution in [0.1, 0.15) is 16.3 Å². The van der Waals surface area contributed by atoms with Crippen LogP contribution >= 0.6 is 0 Å². The van der Waals surface area contributed by atoms with Crippen LogP contribution in [0.25, 0.3) is 10.8 Å². The van der Waals surface area contributed by atoms with E-state index in [2.05, 4.69) is 5.32 Å². The van der Waals surface area contributed by atoms with Crippen LogP contribution in [-0.2, 0) is 6.61 Å². The minimum Gasteiger partial charge on any atom is -0.485 e. The van der Waals surface area contributed by atoms with Gasteiger partial charge in [0, 0.05) is 11.1 Å². The molecule has 0 bridgehead atoms. The summed E-state index contributed by atoms with van der Waals surface area (Å²) in [6.07, 6.45) is 0. The normalized spacial score (nSPS) is 10.6. The Morgan fingerprint density at radius 1 is 0.846 bits per heavy atom. The van der Waals surface area contributed by atoms with Crippen LogP contribution < -0.4 is 10.1 Å². The highest BCUT2D eigenvalue weighted by Crippen LogP contribution is 2.26. The van der Waals surface area contributed by atoms with Gasteiger partial charge >= 0.3 is 0 Å². The second kappa shape index (κ2) is 7.15. The molecule has 0 saturated heterocycles. The van der Waals surface area contributed by atoms with E-state index in [1.807, 2.05) is 72.8 Å². The Morgan fingerprint density at radius 2 is 1.62 bits per heavy atom. The molecule has 1 heterocycles. The molecule has 4 rings (SSSR count). The quantitative estimate of drug-likeness (QED) is 0.537. The average molecular weight is 343 g/mol. The summed E-state index contributed by atoms with van der Waals surface area (Å²) in [5.74, 6) is 1.35. The number of anilines is 1. The van der Waals surface area contributed by atoms with Crippen molar-refractivity contribution in [3.63, 3.8) is 0 Å². The first kappa shape index (κ1) is 16.0. The maximum absolute atomic E-state index is 12.2. The fraction of sp³-hybridized carbons (Fsp3) is 0.0455. The number of nitrogens with one attached hydrogen (secondary N) is 1. The third-order valence-electron chi connectivity index (χ3n) is 4.04. The molecule has 0 radical (unpaired) electrons. The summed E-state index contributed by atoms with van der Waals surface area (Å²) >= 11 is 0. The number of hydrogen-bond acceptors (Lipinski definition) is 3. The molecule has 4 heteroatoms. The molecular weight excluding hydrogens is 326 g/mol. The third kappa shape index (κ3) is 3.44. The van der Waals surface area contributed by atoms with Crippen molar-refractivity contribution in [2.45, 2.75) is 6.61 Å². The third-order valence-corrected chi connectivity index (χ3v) is 4.04. The zero-order valence-electron chi connectivity index (χ0n) is 14.0. The zero-order valence-corrected chi connectivity index (χ0v) is 14.0. The van der Waals surface area contributed by atoms with E-state index in [-0.39, 0.29) is 18.3 Å². The maximum atomic E-state index is 12.2. The van der Waals surface area contributed by atoms with Crippen molar-refractivity contribution < 1.29 is 13.9 Å². The number of ether oxygens (including phenoxy) is 1. The van der Waals surface area contributed by atoms with Gasteiger partial charge < -0.3 is 14.5 Å². The van der Waals surface area contributed by atoms with Gasteiger partial charge in [-0.05, 0) is 35.7 Å². The minimum absolute atomic E-state index is 0.255. The number of carbonyl (C=O) groups excluding carboxylic acids is 1. The summed E-state index contributed by atoms with van der Waals surface area (Å²) in [4.78, 5) is 12.2. The van der Waals surface area contributed by atoms with Crippen molar-refractivity contribution in [2.75, 3.05) is 5.32 Å². The zero-order chi connectivity index (χ0) is 17.8. The van der Waals surface area contributed by atoms with E-state index in [4.69, 9.17) is 9.15 Å². The predicted molar refractivity (Wildman–Crippen MR) is 101 cm³/mol. The van der Waals surface area contributed by atoms with E-state index >= 15 is 0 Å². The molecule has 0 fully saturated rings. The predicted octanol–water partition coefficient (Wildman–Crippen LogP) is 5.26. The molecule has 4 nitrogen and oxygen atoms in total. The number of furan rings is 1. The number of benzene rings is 3. The average Bonchev–Trinajstić information content (AvgIpc) is 3.16. The van der Waals surface area contributed by atoms with E-state index in [0.29, 0.717) is 5.76 Å². The second-order valence-corrected chi connectivity index (χ2v) is 5.85. The lowest BCUT2D eigenvalue weighted by Gasteiger charge is -2.08. The number of hydrogen-bond donors (Lipinski definition) is 1. The van der Waals surface area contributed by atoms with Crippen molar-refractivity contribution in [1.29, 1.82) is 0 Å². The molecule has 3 aromatic carbocycles. The molecule has 4 aromatic rings. The van der Waals surface area contributed by atoms with Gasteiger partial charge in [-0.2, -0.15) is 0 Å². The highest BCUT2D eigenvalue weighted by molar-refractivity contribution is 6.02. The molecule has 0 unspecified atom stereocenters. The summed E-state index contributed by atoms with van der Waals surface area (Å²) in [5.41, 5.74) is 0.724. The van der Waals surface area contributed by atoms with E-state index < -0.39 is 0 Å². The van der Waals surface area contributed by atoms with Crippen LogP contribution in [0.15, 0.2) is 89.3 Å². The number of fused-ring (bicyclic) bond motifs is 1. The lowest BCUT2D eigenvalue weighted by molar-refractivity contribution is 0.0992. The first-order chi connectivity index (χ1) is 12.8. The Kier molecular flexibility index (Phi) is 4.39. The van der Waals surface area contributed by atoms with Crippen molar-refractivity contribution >= 4 is 22.4 Å². The molecule has 1 aromatic heterocycles. The van der Waals surface area contributed by atoms with E-state index in [1.165, 1.54) is 0 Å². The molecular formula is C22H17NO3. The van der Waals surface area contributed by atoms with E-state index in [1.54, 1.807) is 12.1 Å². The first-order valence-electron chi connectivity index (χ1n) is 8.35. The Labute approximate surface area is 151 Å². The second-order valence-electron chi connectivity index (χ2n) is 5.85. The van der Waals surface area contributed by atoms with Crippen LogP contribution in [0.4, 0.5) is 5.69 Å². The molecule has 128 valence electrons. The standard InChI is InChI=1S/C22H17NO3/c24-22(23-17-9-2-1-3-10-17)21-14-13-18(26-21)15-25-20-12-6-8-16-7-4-5-11-19(16)20/h1-14H,15H2,(H,23,24). The Hall–Kier alpha value is -3.53. The van der Waals surface area contributed by atoms with E-state index in [9.17, 15) is 4.79 Å². The molecule has 26 heavy (non-hydrogen) atoms. The van der Waals surface area contributed by atoms with Gasteiger partial charge in [0.1, 0.15) is 18.1 Å². The van der Waals surface area contributed by atoms with Crippen LogP contribution in [-0.4, -0.2) is 5.91 Å². The first-order valence-corrected chi connectivity index (χ1v) is 8.35.